The lowest BCUT2D eigenvalue weighted by molar-refractivity contribution is -0.173. The van der Waals surface area contributed by atoms with E-state index in [0.29, 0.717) is 0 Å². The van der Waals surface area contributed by atoms with E-state index in [0.717, 1.165) is 5.06 Å². The van der Waals surface area contributed by atoms with Crippen molar-refractivity contribution in [2.45, 2.75) is 38.8 Å². The number of nitrogens with two attached hydrogens (primary N) is 1. The van der Waals surface area contributed by atoms with Gasteiger partial charge in [-0.25, -0.2) is 5.06 Å². The van der Waals surface area contributed by atoms with Crippen LogP contribution in [-0.4, -0.2) is 42.7 Å². The predicted octanol–water partition coefficient (Wildman–Crippen LogP) is 0.0653. The van der Waals surface area contributed by atoms with Crippen molar-refractivity contribution in [2.75, 3.05) is 14.2 Å². The van der Waals surface area contributed by atoms with Gasteiger partial charge in [0, 0.05) is 7.05 Å². The van der Waals surface area contributed by atoms with Gasteiger partial charge in [-0.2, -0.15) is 0 Å². The number of rotatable bonds is 4. The van der Waals surface area contributed by atoms with Crippen molar-refractivity contribution in [3.63, 3.8) is 0 Å². The van der Waals surface area contributed by atoms with Gasteiger partial charge in [0.05, 0.1) is 19.6 Å². The Hall–Kier alpha value is -1.14. The van der Waals surface area contributed by atoms with Crippen molar-refractivity contribution in [3.8, 4) is 0 Å². The van der Waals surface area contributed by atoms with Gasteiger partial charge in [0.15, 0.2) is 0 Å². The summed E-state index contributed by atoms with van der Waals surface area (Å²) in [4.78, 5) is 27.5. The summed E-state index contributed by atoms with van der Waals surface area (Å²) in [6, 6.07) is -0.945. The van der Waals surface area contributed by atoms with Gasteiger partial charge >= 0.3 is 5.97 Å². The van der Waals surface area contributed by atoms with Gasteiger partial charge < -0.3 is 10.5 Å². The molecule has 0 aromatic rings. The molecular formula is C10H20N2O4. The predicted molar refractivity (Wildman–Crippen MR) is 58.2 cm³/mol. The molecule has 2 N–H and O–H groups in total. The van der Waals surface area contributed by atoms with Crippen LogP contribution in [0.2, 0.25) is 0 Å². The highest BCUT2D eigenvalue weighted by Crippen LogP contribution is 2.09. The van der Waals surface area contributed by atoms with E-state index in [-0.39, 0.29) is 6.42 Å². The van der Waals surface area contributed by atoms with Crippen LogP contribution >= 0.6 is 0 Å². The smallest absolute Gasteiger partial charge is 0.308 e. The summed E-state index contributed by atoms with van der Waals surface area (Å²) >= 11 is 0. The Morgan fingerprint density at radius 1 is 1.38 bits per heavy atom. The molecule has 6 nitrogen and oxygen atoms in total. The zero-order valence-corrected chi connectivity index (χ0v) is 10.4. The van der Waals surface area contributed by atoms with Crippen molar-refractivity contribution in [1.82, 2.24) is 5.06 Å². The van der Waals surface area contributed by atoms with E-state index in [1.807, 2.05) is 0 Å². The molecule has 1 unspecified atom stereocenters. The molecule has 0 aliphatic carbocycles. The fourth-order valence-corrected chi connectivity index (χ4v) is 0.974. The second-order valence-corrected chi connectivity index (χ2v) is 4.42. The van der Waals surface area contributed by atoms with E-state index in [4.69, 9.17) is 10.5 Å². The van der Waals surface area contributed by atoms with Crippen LogP contribution in [0.3, 0.4) is 0 Å². The van der Waals surface area contributed by atoms with Gasteiger partial charge in [0.2, 0.25) is 0 Å². The summed E-state index contributed by atoms with van der Waals surface area (Å²) in [6.07, 6.45) is -0.163. The van der Waals surface area contributed by atoms with Crippen molar-refractivity contribution >= 4 is 11.9 Å². The minimum Gasteiger partial charge on any atom is -0.460 e. The molecule has 6 heteroatoms. The normalized spacial score (nSPS) is 13.1. The zero-order chi connectivity index (χ0) is 12.9. The Bertz CT molecular complexity index is 260. The summed E-state index contributed by atoms with van der Waals surface area (Å²) in [5, 5.41) is 0.981. The number of amides is 1. The number of carbonyl (C=O) groups excluding carboxylic acids is 2. The maximum atomic E-state index is 11.4. The van der Waals surface area contributed by atoms with Crippen molar-refractivity contribution in [2.24, 2.45) is 5.73 Å². The van der Waals surface area contributed by atoms with Gasteiger partial charge in [-0.05, 0) is 20.8 Å². The van der Waals surface area contributed by atoms with Crippen LogP contribution in [0.4, 0.5) is 0 Å². The highest BCUT2D eigenvalue weighted by Gasteiger charge is 2.24. The highest BCUT2D eigenvalue weighted by molar-refractivity contribution is 5.85. The van der Waals surface area contributed by atoms with Crippen LogP contribution in [0, 0.1) is 0 Å². The molecule has 0 aliphatic heterocycles. The minimum atomic E-state index is -0.945. The van der Waals surface area contributed by atoms with Crippen LogP contribution < -0.4 is 5.73 Å². The van der Waals surface area contributed by atoms with E-state index in [1.54, 1.807) is 20.8 Å². The molecule has 0 radical (unpaired) electrons. The fourth-order valence-electron chi connectivity index (χ4n) is 0.974. The number of likely N-dealkylation sites (N-methyl/N-ethyl adjacent to an activating group) is 1. The molecular weight excluding hydrogens is 212 g/mol. The summed E-state index contributed by atoms with van der Waals surface area (Å²) in [5.41, 5.74) is 4.97. The van der Waals surface area contributed by atoms with E-state index in [2.05, 4.69) is 4.84 Å². The molecule has 0 bridgehead atoms. The van der Waals surface area contributed by atoms with Crippen LogP contribution in [0.25, 0.3) is 0 Å². The molecule has 0 aromatic carbocycles. The average Bonchev–Trinajstić information content (AvgIpc) is 2.12. The zero-order valence-electron chi connectivity index (χ0n) is 10.4. The van der Waals surface area contributed by atoms with Gasteiger partial charge in [0.1, 0.15) is 5.60 Å². The molecule has 1 amide bonds. The largest absolute Gasteiger partial charge is 0.460 e. The molecule has 1 atom stereocenters. The third kappa shape index (κ3) is 5.67. The summed E-state index contributed by atoms with van der Waals surface area (Å²) in [7, 11) is 2.77. The van der Waals surface area contributed by atoms with Crippen molar-refractivity contribution in [1.29, 1.82) is 0 Å². The lowest BCUT2D eigenvalue weighted by atomic mass is 10.1. The quantitative estimate of drug-likeness (QED) is 0.547. The fraction of sp³-hybridized carbons (Fsp3) is 0.800. The van der Waals surface area contributed by atoms with Crippen LogP contribution in [0.5, 0.6) is 0 Å². The third-order valence-corrected chi connectivity index (χ3v) is 1.71. The number of esters is 1. The molecule has 0 saturated heterocycles. The van der Waals surface area contributed by atoms with Crippen LogP contribution in [0.1, 0.15) is 27.2 Å². The number of hydroxylamine groups is 2. The first-order valence-corrected chi connectivity index (χ1v) is 4.96. The first-order chi connectivity index (χ1) is 7.17. The molecule has 0 rings (SSSR count). The minimum absolute atomic E-state index is 0.163. The standard InChI is InChI=1S/C10H20N2O4/c1-10(2,3)16-8(13)6-7(11)9(14)12(4)15-5/h7H,6,11H2,1-5H3. The lowest BCUT2D eigenvalue weighted by Gasteiger charge is -2.22. The second-order valence-electron chi connectivity index (χ2n) is 4.42. The van der Waals surface area contributed by atoms with E-state index in [9.17, 15) is 9.59 Å². The number of hydrogen-bond acceptors (Lipinski definition) is 5. The van der Waals surface area contributed by atoms with Crippen molar-refractivity contribution < 1.29 is 19.2 Å². The Labute approximate surface area is 95.6 Å². The summed E-state index contributed by atoms with van der Waals surface area (Å²) in [5.74, 6) is -0.966. The number of ether oxygens (including phenoxy) is 1. The van der Waals surface area contributed by atoms with Gasteiger partial charge in [-0.15, -0.1) is 0 Å². The third-order valence-electron chi connectivity index (χ3n) is 1.71. The number of nitrogens with zero attached hydrogens (tertiary/aromatic N) is 1. The second kappa shape index (κ2) is 5.81. The maximum Gasteiger partial charge on any atom is 0.308 e. The van der Waals surface area contributed by atoms with E-state index >= 15 is 0 Å². The Balaban J connectivity index is 4.20. The van der Waals surface area contributed by atoms with Gasteiger partial charge in [0.25, 0.3) is 5.91 Å². The molecule has 0 heterocycles. The van der Waals surface area contributed by atoms with Crippen LogP contribution in [0.15, 0.2) is 0 Å². The molecule has 0 aromatic heterocycles. The van der Waals surface area contributed by atoms with E-state index < -0.39 is 23.5 Å². The van der Waals surface area contributed by atoms with Crippen molar-refractivity contribution in [3.05, 3.63) is 0 Å². The molecule has 0 saturated carbocycles. The van der Waals surface area contributed by atoms with Crippen LogP contribution in [-0.2, 0) is 19.2 Å². The topological polar surface area (TPSA) is 81.9 Å². The molecule has 0 fully saturated rings. The SMILES string of the molecule is CON(C)C(=O)C(N)CC(=O)OC(C)(C)C. The number of hydrogen-bond donors (Lipinski definition) is 1. The molecule has 16 heavy (non-hydrogen) atoms. The Kier molecular flexibility index (Phi) is 5.40. The van der Waals surface area contributed by atoms with Gasteiger partial charge in [-0.3, -0.25) is 14.4 Å². The molecule has 0 spiro atoms. The first kappa shape index (κ1) is 14.9. The first-order valence-electron chi connectivity index (χ1n) is 4.96. The molecule has 94 valence electrons. The van der Waals surface area contributed by atoms with Gasteiger partial charge in [-0.1, -0.05) is 0 Å². The maximum absolute atomic E-state index is 11.4. The molecule has 0 aliphatic rings. The van der Waals surface area contributed by atoms with E-state index in [1.165, 1.54) is 14.2 Å². The Morgan fingerprint density at radius 3 is 2.25 bits per heavy atom. The highest BCUT2D eigenvalue weighted by atomic mass is 16.7. The summed E-state index contributed by atoms with van der Waals surface area (Å²) < 4.78 is 5.04. The Morgan fingerprint density at radius 2 is 1.88 bits per heavy atom. The average molecular weight is 232 g/mol. The summed E-state index contributed by atoms with van der Waals surface area (Å²) in [6.45, 7) is 5.25. The lowest BCUT2D eigenvalue weighted by Crippen LogP contribution is -2.43. The monoisotopic (exact) mass is 232 g/mol. The number of carbonyl (C=O) groups is 2.